The van der Waals surface area contributed by atoms with Gasteiger partial charge in [0.05, 0.1) is 16.9 Å². The Bertz CT molecular complexity index is 1110. The number of carbonyl (C=O) groups is 1. The van der Waals surface area contributed by atoms with E-state index in [0.29, 0.717) is 36.7 Å². The van der Waals surface area contributed by atoms with Crippen molar-refractivity contribution < 1.29 is 4.79 Å². The number of likely N-dealkylation sites (tertiary alicyclic amines) is 2. The van der Waals surface area contributed by atoms with Crippen molar-refractivity contribution in [3.05, 3.63) is 59.2 Å². The van der Waals surface area contributed by atoms with Crippen molar-refractivity contribution in [3.63, 3.8) is 0 Å². The van der Waals surface area contributed by atoms with Gasteiger partial charge in [0.15, 0.2) is 0 Å². The van der Waals surface area contributed by atoms with Crippen molar-refractivity contribution in [3.8, 4) is 0 Å². The van der Waals surface area contributed by atoms with Gasteiger partial charge in [-0.15, -0.1) is 0 Å². The quantitative estimate of drug-likeness (QED) is 0.650. The molecule has 1 aromatic carbocycles. The van der Waals surface area contributed by atoms with Crippen molar-refractivity contribution in [1.29, 1.82) is 0 Å². The maximum Gasteiger partial charge on any atom is 0.257 e. The van der Waals surface area contributed by atoms with Crippen LogP contribution in [-0.4, -0.2) is 100 Å². The average Bonchev–Trinajstić information content (AvgIpc) is 2.91. The Morgan fingerprint density at radius 2 is 1.82 bits per heavy atom. The van der Waals surface area contributed by atoms with Crippen LogP contribution >= 0.6 is 0 Å². The smallest absolute Gasteiger partial charge is 0.257 e. The predicted molar refractivity (Wildman–Crippen MR) is 151 cm³/mol. The number of aryl methyl sites for hydroxylation is 2. The molecule has 0 spiro atoms. The summed E-state index contributed by atoms with van der Waals surface area (Å²) < 4.78 is 0. The van der Waals surface area contributed by atoms with Gasteiger partial charge in [0.1, 0.15) is 6.33 Å². The Morgan fingerprint density at radius 3 is 2.47 bits per heavy atom. The third-order valence-corrected chi connectivity index (χ3v) is 9.32. The molecule has 3 aliphatic heterocycles. The normalized spacial score (nSPS) is 24.9. The van der Waals surface area contributed by atoms with Crippen molar-refractivity contribution in [2.24, 2.45) is 11.7 Å². The minimum atomic E-state index is -0.369. The van der Waals surface area contributed by atoms with Gasteiger partial charge in [0, 0.05) is 51.0 Å². The Hall–Kier alpha value is -2.39. The lowest BCUT2D eigenvalue weighted by Crippen LogP contribution is -2.67. The molecule has 8 heteroatoms. The lowest BCUT2D eigenvalue weighted by Gasteiger charge is -2.53. The van der Waals surface area contributed by atoms with Crippen molar-refractivity contribution in [2.75, 3.05) is 52.9 Å². The second-order valence-corrected chi connectivity index (χ2v) is 12.0. The van der Waals surface area contributed by atoms with Gasteiger partial charge in [-0.3, -0.25) is 14.6 Å². The molecule has 3 saturated heterocycles. The predicted octanol–water partition coefficient (Wildman–Crippen LogP) is 3.07. The number of nitrogens with zero attached hydrogens (tertiary/aromatic N) is 6. The van der Waals surface area contributed by atoms with Crippen LogP contribution in [0.25, 0.3) is 0 Å². The first kappa shape index (κ1) is 27.2. The summed E-state index contributed by atoms with van der Waals surface area (Å²) in [5.74, 6) is 0.691. The molecule has 5 rings (SSSR count). The molecule has 2 aromatic rings. The standard InChI is InChI=1S/C30H45N7O/c1-22-6-5-7-26(18-22)28(25-8-12-34(4)13-9-25)37-17-16-36(20-23(37)2)30(31)10-14-35(15-11-30)29(38)27-19-32-21-33-24(27)3/h5-7,18-19,21,23,25,28H,8-17,20,31H2,1-4H3. The molecule has 2 atom stereocenters. The summed E-state index contributed by atoms with van der Waals surface area (Å²) >= 11 is 0. The van der Waals surface area contributed by atoms with Gasteiger partial charge in [0.2, 0.25) is 0 Å². The Balaban J connectivity index is 1.25. The number of nitrogens with two attached hydrogens (primary N) is 1. The van der Waals surface area contributed by atoms with Crippen molar-refractivity contribution in [1.82, 2.24) is 29.6 Å². The minimum Gasteiger partial charge on any atom is -0.338 e. The fourth-order valence-corrected chi connectivity index (χ4v) is 6.91. The van der Waals surface area contributed by atoms with E-state index in [1.165, 1.54) is 43.4 Å². The molecule has 206 valence electrons. The number of benzene rings is 1. The highest BCUT2D eigenvalue weighted by molar-refractivity contribution is 5.94. The van der Waals surface area contributed by atoms with Crippen LogP contribution < -0.4 is 5.73 Å². The maximum atomic E-state index is 13.1. The molecular formula is C30H45N7O. The fraction of sp³-hybridized carbons (Fsp3) is 0.633. The lowest BCUT2D eigenvalue weighted by molar-refractivity contribution is -0.0477. The summed E-state index contributed by atoms with van der Waals surface area (Å²) in [4.78, 5) is 31.0. The number of hydrogen-bond acceptors (Lipinski definition) is 7. The van der Waals surface area contributed by atoms with E-state index < -0.39 is 0 Å². The fourth-order valence-electron chi connectivity index (χ4n) is 6.91. The van der Waals surface area contributed by atoms with Gasteiger partial charge < -0.3 is 15.5 Å². The monoisotopic (exact) mass is 519 g/mol. The molecule has 38 heavy (non-hydrogen) atoms. The SMILES string of the molecule is Cc1cccc(C(C2CCN(C)CC2)N2CCN(C3(N)CCN(C(=O)c4cncnc4C)CC3)CC2C)c1. The zero-order chi connectivity index (χ0) is 26.9. The van der Waals surface area contributed by atoms with E-state index in [4.69, 9.17) is 5.73 Å². The molecule has 3 aliphatic rings. The molecule has 0 saturated carbocycles. The molecule has 0 radical (unpaired) electrons. The van der Waals surface area contributed by atoms with Crippen LogP contribution in [0.15, 0.2) is 36.8 Å². The Morgan fingerprint density at radius 1 is 1.08 bits per heavy atom. The highest BCUT2D eigenvalue weighted by Crippen LogP contribution is 2.39. The largest absolute Gasteiger partial charge is 0.338 e. The van der Waals surface area contributed by atoms with E-state index in [9.17, 15) is 4.79 Å². The zero-order valence-electron chi connectivity index (χ0n) is 23.6. The third kappa shape index (κ3) is 5.64. The van der Waals surface area contributed by atoms with Gasteiger partial charge in [-0.2, -0.15) is 0 Å². The average molecular weight is 520 g/mol. The molecular weight excluding hydrogens is 474 g/mol. The first-order valence-corrected chi connectivity index (χ1v) is 14.4. The van der Waals surface area contributed by atoms with Gasteiger partial charge in [-0.05, 0) is 78.1 Å². The second-order valence-electron chi connectivity index (χ2n) is 12.0. The van der Waals surface area contributed by atoms with Crippen LogP contribution in [0, 0.1) is 19.8 Å². The zero-order valence-corrected chi connectivity index (χ0v) is 23.6. The summed E-state index contributed by atoms with van der Waals surface area (Å²) in [5, 5.41) is 0. The van der Waals surface area contributed by atoms with Crippen LogP contribution in [0.5, 0.6) is 0 Å². The van der Waals surface area contributed by atoms with Gasteiger partial charge in [-0.25, -0.2) is 9.97 Å². The van der Waals surface area contributed by atoms with Gasteiger partial charge in [-0.1, -0.05) is 29.8 Å². The molecule has 0 aliphatic carbocycles. The summed E-state index contributed by atoms with van der Waals surface area (Å²) in [6.45, 7) is 13.1. The summed E-state index contributed by atoms with van der Waals surface area (Å²) in [6, 6.07) is 10.0. The van der Waals surface area contributed by atoms with E-state index in [2.05, 4.69) is 69.8 Å². The Kier molecular flexibility index (Phi) is 8.14. The number of piperidine rings is 2. The van der Waals surface area contributed by atoms with E-state index in [1.807, 2.05) is 11.8 Å². The maximum absolute atomic E-state index is 13.1. The number of piperazine rings is 1. The molecule has 2 N–H and O–H groups in total. The first-order chi connectivity index (χ1) is 18.2. The van der Waals surface area contributed by atoms with Gasteiger partial charge in [0.25, 0.3) is 5.91 Å². The number of aromatic nitrogens is 2. The van der Waals surface area contributed by atoms with Crippen LogP contribution in [0.1, 0.15) is 65.8 Å². The van der Waals surface area contributed by atoms with Crippen molar-refractivity contribution >= 4 is 5.91 Å². The van der Waals surface area contributed by atoms with Crippen molar-refractivity contribution in [2.45, 2.75) is 64.2 Å². The topological polar surface area (TPSA) is 81.8 Å². The van der Waals surface area contributed by atoms with Crippen LogP contribution in [0.3, 0.4) is 0 Å². The molecule has 8 nitrogen and oxygen atoms in total. The summed E-state index contributed by atoms with van der Waals surface area (Å²) in [5.41, 5.74) is 10.8. The Labute approximate surface area is 228 Å². The first-order valence-electron chi connectivity index (χ1n) is 14.4. The highest BCUT2D eigenvalue weighted by Gasteiger charge is 2.43. The number of rotatable bonds is 5. The van der Waals surface area contributed by atoms with E-state index in [-0.39, 0.29) is 11.6 Å². The van der Waals surface area contributed by atoms with Crippen LogP contribution in [0.2, 0.25) is 0 Å². The van der Waals surface area contributed by atoms with E-state index in [1.54, 1.807) is 6.20 Å². The van der Waals surface area contributed by atoms with E-state index >= 15 is 0 Å². The summed E-state index contributed by atoms with van der Waals surface area (Å²) in [7, 11) is 2.24. The lowest BCUT2D eigenvalue weighted by atomic mass is 9.82. The summed E-state index contributed by atoms with van der Waals surface area (Å²) in [6.07, 6.45) is 7.19. The number of amides is 1. The number of carbonyl (C=O) groups excluding carboxylic acids is 1. The second kappa shape index (κ2) is 11.4. The van der Waals surface area contributed by atoms with E-state index in [0.717, 1.165) is 38.2 Å². The molecule has 3 fully saturated rings. The molecule has 0 bridgehead atoms. The molecule has 4 heterocycles. The molecule has 1 aromatic heterocycles. The van der Waals surface area contributed by atoms with Crippen LogP contribution in [0.4, 0.5) is 0 Å². The molecule has 1 amide bonds. The number of hydrogen-bond donors (Lipinski definition) is 1. The highest BCUT2D eigenvalue weighted by atomic mass is 16.2. The molecule has 2 unspecified atom stereocenters. The minimum absolute atomic E-state index is 0.0162. The van der Waals surface area contributed by atoms with Crippen LogP contribution in [-0.2, 0) is 0 Å². The third-order valence-electron chi connectivity index (χ3n) is 9.32. The van der Waals surface area contributed by atoms with Gasteiger partial charge >= 0.3 is 0 Å².